The Hall–Kier alpha value is -2.14. The van der Waals surface area contributed by atoms with E-state index in [2.05, 4.69) is 22.4 Å². The smallest absolute Gasteiger partial charge is 0.306 e. The summed E-state index contributed by atoms with van der Waals surface area (Å²) in [6, 6.07) is 8.17. The lowest BCUT2D eigenvalue weighted by Crippen LogP contribution is -2.51. The zero-order valence-electron chi connectivity index (χ0n) is 14.7. The second-order valence-corrected chi connectivity index (χ2v) is 7.28. The van der Waals surface area contributed by atoms with Gasteiger partial charge in [0, 0.05) is 24.8 Å². The number of nitrogens with zero attached hydrogens (tertiary/aromatic N) is 1. The molecule has 0 aliphatic carbocycles. The largest absolute Gasteiger partial charge is 0.469 e. The molecule has 3 aliphatic heterocycles. The Bertz CT molecular complexity index is 757. The number of benzene rings is 1. The molecule has 132 valence electrons. The molecule has 1 spiro atoms. The number of methoxy groups -OCH3 is 1. The molecule has 2 fully saturated rings. The lowest BCUT2D eigenvalue weighted by molar-refractivity contribution is -0.141. The number of carbonyl (C=O) groups excluding carboxylic acids is 2. The number of anilines is 1. The van der Waals surface area contributed by atoms with Crippen molar-refractivity contribution in [1.82, 2.24) is 4.90 Å². The van der Waals surface area contributed by atoms with Crippen molar-refractivity contribution in [3.05, 3.63) is 41.5 Å². The van der Waals surface area contributed by atoms with Crippen molar-refractivity contribution in [2.45, 2.75) is 37.6 Å². The summed E-state index contributed by atoms with van der Waals surface area (Å²) in [4.78, 5) is 27.3. The first-order valence-corrected chi connectivity index (χ1v) is 8.97. The quantitative estimate of drug-likeness (QED) is 0.664. The number of piperidine rings is 1. The number of para-hydroxylation sites is 1. The van der Waals surface area contributed by atoms with Crippen molar-refractivity contribution in [2.75, 3.05) is 25.5 Å². The van der Waals surface area contributed by atoms with E-state index in [-0.39, 0.29) is 23.8 Å². The van der Waals surface area contributed by atoms with Crippen LogP contribution in [-0.4, -0.2) is 43.0 Å². The molecule has 3 aliphatic rings. The molecule has 25 heavy (non-hydrogen) atoms. The zero-order chi connectivity index (χ0) is 17.6. The van der Waals surface area contributed by atoms with Gasteiger partial charge in [-0.1, -0.05) is 29.8 Å². The molecule has 5 heteroatoms. The first-order chi connectivity index (χ1) is 12.1. The maximum atomic E-state index is 13.0. The number of amides is 1. The Morgan fingerprint density at radius 2 is 2.24 bits per heavy atom. The molecule has 3 heterocycles. The number of esters is 1. The highest BCUT2D eigenvalue weighted by atomic mass is 16.5. The molecule has 0 aromatic heterocycles. The first kappa shape index (κ1) is 16.3. The molecule has 0 radical (unpaired) electrons. The second kappa shape index (κ2) is 5.99. The molecule has 2 saturated heterocycles. The van der Waals surface area contributed by atoms with Crippen molar-refractivity contribution in [3.8, 4) is 0 Å². The summed E-state index contributed by atoms with van der Waals surface area (Å²) in [5.74, 6) is 0.0808. The average molecular weight is 340 g/mol. The van der Waals surface area contributed by atoms with E-state index in [1.807, 2.05) is 25.1 Å². The van der Waals surface area contributed by atoms with Gasteiger partial charge < -0.3 is 10.1 Å². The van der Waals surface area contributed by atoms with Crippen LogP contribution in [0.1, 0.15) is 31.7 Å². The van der Waals surface area contributed by atoms with Gasteiger partial charge in [0.1, 0.15) is 0 Å². The van der Waals surface area contributed by atoms with Crippen LogP contribution in [0.4, 0.5) is 5.69 Å². The number of allylic oxidation sites excluding steroid dienone is 1. The van der Waals surface area contributed by atoms with Crippen molar-refractivity contribution >= 4 is 17.6 Å². The lowest BCUT2D eigenvalue weighted by Gasteiger charge is -2.42. The molecule has 0 saturated carbocycles. The lowest BCUT2D eigenvalue weighted by atomic mass is 9.70. The van der Waals surface area contributed by atoms with E-state index in [0.29, 0.717) is 6.42 Å². The summed E-state index contributed by atoms with van der Waals surface area (Å²) in [5, 5.41) is 3.08. The molecule has 1 aromatic carbocycles. The average Bonchev–Trinajstić information content (AvgIpc) is 3.14. The van der Waals surface area contributed by atoms with Crippen molar-refractivity contribution in [2.24, 2.45) is 5.92 Å². The number of hydrogen-bond acceptors (Lipinski definition) is 4. The molecule has 5 nitrogen and oxygen atoms in total. The summed E-state index contributed by atoms with van der Waals surface area (Å²) >= 11 is 0. The molecule has 4 rings (SSSR count). The Morgan fingerprint density at radius 1 is 1.44 bits per heavy atom. The monoisotopic (exact) mass is 340 g/mol. The van der Waals surface area contributed by atoms with Crippen molar-refractivity contribution in [3.63, 3.8) is 0 Å². The van der Waals surface area contributed by atoms with Crippen LogP contribution in [0.15, 0.2) is 35.9 Å². The molecule has 0 bridgehead atoms. The van der Waals surface area contributed by atoms with Crippen LogP contribution >= 0.6 is 0 Å². The van der Waals surface area contributed by atoms with E-state index in [0.717, 1.165) is 37.2 Å². The van der Waals surface area contributed by atoms with E-state index < -0.39 is 5.41 Å². The number of hydrogen-bond donors (Lipinski definition) is 1. The number of carbonyl (C=O) groups is 2. The van der Waals surface area contributed by atoms with Crippen LogP contribution in [0.5, 0.6) is 0 Å². The number of nitrogens with one attached hydrogen (secondary N) is 1. The third-order valence-electron chi connectivity index (χ3n) is 6.29. The van der Waals surface area contributed by atoms with Crippen LogP contribution in [0.2, 0.25) is 0 Å². The Balaban J connectivity index is 1.70. The van der Waals surface area contributed by atoms with E-state index >= 15 is 0 Å². The second-order valence-electron chi connectivity index (χ2n) is 7.28. The van der Waals surface area contributed by atoms with E-state index in [1.54, 1.807) is 0 Å². The van der Waals surface area contributed by atoms with Gasteiger partial charge in [-0.15, -0.1) is 0 Å². The Kier molecular flexibility index (Phi) is 3.91. The molecule has 3 atom stereocenters. The normalized spacial score (nSPS) is 32.6. The third kappa shape index (κ3) is 2.33. The molecular formula is C20H24N2O3. The molecule has 1 amide bonds. The Morgan fingerprint density at radius 3 is 3.00 bits per heavy atom. The van der Waals surface area contributed by atoms with E-state index in [9.17, 15) is 9.59 Å². The predicted octanol–water partition coefficient (Wildman–Crippen LogP) is 2.48. The highest BCUT2D eigenvalue weighted by Gasteiger charge is 2.59. The van der Waals surface area contributed by atoms with Crippen LogP contribution in [-0.2, 0) is 19.7 Å². The fourth-order valence-corrected chi connectivity index (χ4v) is 5.02. The van der Waals surface area contributed by atoms with Gasteiger partial charge in [-0.05, 0) is 37.3 Å². The fraction of sp³-hybridized carbons (Fsp3) is 0.500. The van der Waals surface area contributed by atoms with Gasteiger partial charge in [0.05, 0.1) is 18.9 Å². The fourth-order valence-electron chi connectivity index (χ4n) is 5.02. The number of rotatable bonds is 2. The van der Waals surface area contributed by atoms with E-state index in [1.165, 1.54) is 12.7 Å². The van der Waals surface area contributed by atoms with Crippen LogP contribution in [0.25, 0.3) is 0 Å². The van der Waals surface area contributed by atoms with E-state index in [4.69, 9.17) is 4.74 Å². The molecular weight excluding hydrogens is 316 g/mol. The minimum absolute atomic E-state index is 0.113. The van der Waals surface area contributed by atoms with Gasteiger partial charge in [0.2, 0.25) is 5.91 Å². The van der Waals surface area contributed by atoms with Gasteiger partial charge in [-0.2, -0.15) is 0 Å². The standard InChI is InChI=1S/C20H24N2O3/c1-3-13-12-22-9-8-20(17(22)10-14(13)11-18(23)25-2)15-6-4-5-7-16(15)21-19(20)24/h3-7,14,17H,8-12H2,1-2H3,(H,21,24)/b13-3-/t14-,17-,20+/m1/s1. The number of ether oxygens (including phenoxy) is 1. The van der Waals surface area contributed by atoms with Crippen LogP contribution in [0, 0.1) is 5.92 Å². The highest BCUT2D eigenvalue weighted by molar-refractivity contribution is 6.07. The van der Waals surface area contributed by atoms with Crippen LogP contribution in [0.3, 0.4) is 0 Å². The van der Waals surface area contributed by atoms with Gasteiger partial charge >= 0.3 is 5.97 Å². The summed E-state index contributed by atoms with van der Waals surface area (Å²) in [7, 11) is 1.44. The van der Waals surface area contributed by atoms with Gasteiger partial charge in [0.25, 0.3) is 0 Å². The van der Waals surface area contributed by atoms with Crippen molar-refractivity contribution < 1.29 is 14.3 Å². The summed E-state index contributed by atoms with van der Waals surface area (Å²) in [6.07, 6.45) is 4.16. The predicted molar refractivity (Wildman–Crippen MR) is 95.2 cm³/mol. The minimum atomic E-state index is -0.482. The molecule has 1 aromatic rings. The SMILES string of the molecule is C/C=C1/CN2CC[C@@]3(C(=O)Nc4ccccc43)[C@H]2C[C@@H]1CC(=O)OC. The van der Waals surface area contributed by atoms with Crippen LogP contribution < -0.4 is 5.32 Å². The molecule has 1 N–H and O–H groups in total. The number of fused-ring (bicyclic) bond motifs is 4. The molecule has 0 unspecified atom stereocenters. The van der Waals surface area contributed by atoms with Gasteiger partial charge in [0.15, 0.2) is 0 Å². The summed E-state index contributed by atoms with van der Waals surface area (Å²) in [6.45, 7) is 3.78. The topological polar surface area (TPSA) is 58.6 Å². The highest BCUT2D eigenvalue weighted by Crippen LogP contribution is 2.52. The maximum absolute atomic E-state index is 13.0. The maximum Gasteiger partial charge on any atom is 0.306 e. The third-order valence-corrected chi connectivity index (χ3v) is 6.29. The van der Waals surface area contributed by atoms with Gasteiger partial charge in [-0.3, -0.25) is 14.5 Å². The Labute approximate surface area is 148 Å². The minimum Gasteiger partial charge on any atom is -0.469 e. The zero-order valence-corrected chi connectivity index (χ0v) is 14.7. The summed E-state index contributed by atoms with van der Waals surface area (Å²) in [5.41, 5.74) is 2.86. The first-order valence-electron chi connectivity index (χ1n) is 8.97. The summed E-state index contributed by atoms with van der Waals surface area (Å²) < 4.78 is 4.89. The van der Waals surface area contributed by atoms with Gasteiger partial charge in [-0.25, -0.2) is 0 Å². The van der Waals surface area contributed by atoms with Crippen molar-refractivity contribution in [1.29, 1.82) is 0 Å².